The first-order valence-corrected chi connectivity index (χ1v) is 10.1. The van der Waals surface area contributed by atoms with Gasteiger partial charge in [-0.25, -0.2) is 8.42 Å². The molecule has 0 saturated carbocycles. The molecule has 1 amide bonds. The van der Waals surface area contributed by atoms with Gasteiger partial charge in [-0.05, 0) is 50.2 Å². The SMILES string of the molecule is Cc1ccc(Nc2ccccc2C(=O)NNS(=O)(=O)c2ccc(C)cc2)cc1. The van der Waals surface area contributed by atoms with Gasteiger partial charge in [-0.15, -0.1) is 4.83 Å². The second-order valence-corrected chi connectivity index (χ2v) is 8.09. The van der Waals surface area contributed by atoms with Crippen molar-refractivity contribution in [3.63, 3.8) is 0 Å². The summed E-state index contributed by atoms with van der Waals surface area (Å²) in [5.74, 6) is -0.564. The van der Waals surface area contributed by atoms with Crippen LogP contribution in [0.25, 0.3) is 0 Å². The lowest BCUT2D eigenvalue weighted by atomic mass is 10.1. The van der Waals surface area contributed by atoms with Gasteiger partial charge in [0.2, 0.25) is 0 Å². The van der Waals surface area contributed by atoms with Crippen molar-refractivity contribution in [3.8, 4) is 0 Å². The molecule has 0 bridgehead atoms. The maximum atomic E-state index is 12.6. The van der Waals surface area contributed by atoms with Gasteiger partial charge in [0.1, 0.15) is 0 Å². The Kier molecular flexibility index (Phi) is 5.77. The van der Waals surface area contributed by atoms with Crippen molar-refractivity contribution in [1.29, 1.82) is 0 Å². The van der Waals surface area contributed by atoms with Gasteiger partial charge in [0.05, 0.1) is 16.1 Å². The molecular weight excluding hydrogens is 374 g/mol. The number of benzene rings is 3. The number of aryl methyl sites for hydroxylation is 2. The summed E-state index contributed by atoms with van der Waals surface area (Å²) in [7, 11) is -3.86. The molecule has 3 rings (SSSR count). The predicted octanol–water partition coefficient (Wildman–Crippen LogP) is 3.67. The fourth-order valence-corrected chi connectivity index (χ4v) is 3.38. The fourth-order valence-electron chi connectivity index (χ4n) is 2.54. The second kappa shape index (κ2) is 8.24. The molecule has 0 spiro atoms. The van der Waals surface area contributed by atoms with Crippen LogP contribution < -0.4 is 15.6 Å². The Bertz CT molecular complexity index is 1080. The second-order valence-electron chi connectivity index (χ2n) is 6.41. The minimum atomic E-state index is -3.86. The molecule has 0 aromatic heterocycles. The number of rotatable bonds is 6. The van der Waals surface area contributed by atoms with Gasteiger partial charge in [0, 0.05) is 5.69 Å². The van der Waals surface area contributed by atoms with Gasteiger partial charge in [-0.1, -0.05) is 47.5 Å². The molecule has 3 aromatic rings. The summed E-state index contributed by atoms with van der Waals surface area (Å²) in [4.78, 5) is 14.8. The zero-order valence-corrected chi connectivity index (χ0v) is 16.4. The third kappa shape index (κ3) is 4.76. The first kappa shape index (κ1) is 19.6. The van der Waals surface area contributed by atoms with Crippen LogP contribution >= 0.6 is 0 Å². The van der Waals surface area contributed by atoms with Crippen molar-refractivity contribution in [2.75, 3.05) is 5.32 Å². The van der Waals surface area contributed by atoms with Crippen molar-refractivity contribution < 1.29 is 13.2 Å². The van der Waals surface area contributed by atoms with E-state index in [-0.39, 0.29) is 4.90 Å². The first-order valence-electron chi connectivity index (χ1n) is 8.67. The quantitative estimate of drug-likeness (QED) is 0.556. The molecule has 0 radical (unpaired) electrons. The molecule has 0 aliphatic heterocycles. The monoisotopic (exact) mass is 395 g/mol. The number of carbonyl (C=O) groups excluding carboxylic acids is 1. The zero-order chi connectivity index (χ0) is 20.1. The highest BCUT2D eigenvalue weighted by atomic mass is 32.2. The van der Waals surface area contributed by atoms with Crippen molar-refractivity contribution in [3.05, 3.63) is 89.5 Å². The van der Waals surface area contributed by atoms with Crippen LogP contribution in [0.2, 0.25) is 0 Å². The van der Waals surface area contributed by atoms with Crippen LogP contribution in [-0.2, 0) is 10.0 Å². The van der Waals surface area contributed by atoms with Crippen LogP contribution in [0, 0.1) is 13.8 Å². The minimum Gasteiger partial charge on any atom is -0.355 e. The number of sulfonamides is 1. The third-order valence-corrected chi connectivity index (χ3v) is 5.40. The summed E-state index contributed by atoms with van der Waals surface area (Å²) in [6, 6.07) is 21.0. The van der Waals surface area contributed by atoms with Gasteiger partial charge in [0.15, 0.2) is 0 Å². The van der Waals surface area contributed by atoms with E-state index in [9.17, 15) is 13.2 Å². The van der Waals surface area contributed by atoms with Crippen molar-refractivity contribution in [1.82, 2.24) is 10.3 Å². The highest BCUT2D eigenvalue weighted by molar-refractivity contribution is 7.89. The molecule has 0 aliphatic rings. The highest BCUT2D eigenvalue weighted by Crippen LogP contribution is 2.21. The van der Waals surface area contributed by atoms with E-state index in [1.165, 1.54) is 12.1 Å². The Balaban J connectivity index is 1.74. The molecule has 6 nitrogen and oxygen atoms in total. The smallest absolute Gasteiger partial charge is 0.268 e. The van der Waals surface area contributed by atoms with Crippen molar-refractivity contribution in [2.24, 2.45) is 0 Å². The number of para-hydroxylation sites is 1. The molecule has 0 atom stereocenters. The first-order chi connectivity index (χ1) is 13.3. The molecular formula is C21H21N3O3S. The normalized spacial score (nSPS) is 11.1. The number of carbonyl (C=O) groups is 1. The van der Waals surface area contributed by atoms with Crippen molar-refractivity contribution >= 4 is 27.3 Å². The van der Waals surface area contributed by atoms with Crippen LogP contribution in [0.4, 0.5) is 11.4 Å². The summed E-state index contributed by atoms with van der Waals surface area (Å²) in [5, 5.41) is 3.18. The summed E-state index contributed by atoms with van der Waals surface area (Å²) in [6.45, 7) is 3.86. The molecule has 28 heavy (non-hydrogen) atoms. The standard InChI is InChI=1S/C21H21N3O3S/c1-15-7-11-17(12-8-15)22-20-6-4-3-5-19(20)21(25)23-24-28(26,27)18-13-9-16(2)10-14-18/h3-14,22,24H,1-2H3,(H,23,25). The van der Waals surface area contributed by atoms with Crippen LogP contribution in [0.5, 0.6) is 0 Å². The zero-order valence-electron chi connectivity index (χ0n) is 15.6. The van der Waals surface area contributed by atoms with Gasteiger partial charge in [-0.3, -0.25) is 10.2 Å². The molecule has 0 saturated heterocycles. The molecule has 3 N–H and O–H groups in total. The van der Waals surface area contributed by atoms with E-state index in [1.807, 2.05) is 38.1 Å². The average molecular weight is 395 g/mol. The Hall–Kier alpha value is -3.16. The molecule has 3 aromatic carbocycles. The number of hydrogen-bond acceptors (Lipinski definition) is 4. The number of hydrazine groups is 1. The molecule has 144 valence electrons. The summed E-state index contributed by atoms with van der Waals surface area (Å²) in [5.41, 5.74) is 6.05. The molecule has 0 aliphatic carbocycles. The van der Waals surface area contributed by atoms with Crippen LogP contribution in [0.1, 0.15) is 21.5 Å². The summed E-state index contributed by atoms with van der Waals surface area (Å²) < 4.78 is 24.7. The van der Waals surface area contributed by atoms with Crippen molar-refractivity contribution in [2.45, 2.75) is 18.7 Å². The lowest BCUT2D eigenvalue weighted by Gasteiger charge is -2.13. The lowest BCUT2D eigenvalue weighted by molar-refractivity contribution is 0.0946. The maximum Gasteiger partial charge on any atom is 0.268 e. The Morgan fingerprint density at radius 1 is 0.786 bits per heavy atom. The van der Waals surface area contributed by atoms with Gasteiger partial charge in [-0.2, -0.15) is 0 Å². The van der Waals surface area contributed by atoms with Crippen LogP contribution in [0.15, 0.2) is 77.7 Å². The largest absolute Gasteiger partial charge is 0.355 e. The molecule has 0 fully saturated rings. The van der Waals surface area contributed by atoms with E-state index in [1.54, 1.807) is 36.4 Å². The van der Waals surface area contributed by atoms with Gasteiger partial charge >= 0.3 is 0 Å². The number of hydrogen-bond donors (Lipinski definition) is 3. The molecule has 7 heteroatoms. The Morgan fingerprint density at radius 3 is 2.00 bits per heavy atom. The lowest BCUT2D eigenvalue weighted by Crippen LogP contribution is -2.41. The van der Waals surface area contributed by atoms with E-state index >= 15 is 0 Å². The maximum absolute atomic E-state index is 12.6. The molecule has 0 unspecified atom stereocenters. The highest BCUT2D eigenvalue weighted by Gasteiger charge is 2.17. The van der Waals surface area contributed by atoms with Crippen LogP contribution in [-0.4, -0.2) is 14.3 Å². The summed E-state index contributed by atoms with van der Waals surface area (Å²) >= 11 is 0. The minimum absolute atomic E-state index is 0.0736. The number of amides is 1. The number of nitrogens with one attached hydrogen (secondary N) is 3. The topological polar surface area (TPSA) is 87.3 Å². The number of anilines is 2. The van der Waals surface area contributed by atoms with E-state index in [0.29, 0.717) is 11.3 Å². The Labute approximate surface area is 164 Å². The Morgan fingerprint density at radius 2 is 1.36 bits per heavy atom. The average Bonchev–Trinajstić information content (AvgIpc) is 2.69. The van der Waals surface area contributed by atoms with Crippen LogP contribution in [0.3, 0.4) is 0 Å². The summed E-state index contributed by atoms with van der Waals surface area (Å²) in [6.07, 6.45) is 0. The third-order valence-electron chi connectivity index (χ3n) is 4.13. The van der Waals surface area contributed by atoms with E-state index in [4.69, 9.17) is 0 Å². The van der Waals surface area contributed by atoms with E-state index < -0.39 is 15.9 Å². The fraction of sp³-hybridized carbons (Fsp3) is 0.0952. The van der Waals surface area contributed by atoms with E-state index in [2.05, 4.69) is 15.6 Å². The van der Waals surface area contributed by atoms with Gasteiger partial charge < -0.3 is 5.32 Å². The predicted molar refractivity (Wildman–Crippen MR) is 110 cm³/mol. The van der Waals surface area contributed by atoms with Gasteiger partial charge in [0.25, 0.3) is 15.9 Å². The van der Waals surface area contributed by atoms with E-state index in [0.717, 1.165) is 16.8 Å². The molecule has 0 heterocycles.